The molecule has 1 aliphatic rings. The number of nitrogens with one attached hydrogen (secondary N) is 1. The van der Waals surface area contributed by atoms with E-state index in [1.807, 2.05) is 29.2 Å². The molecule has 1 N–H and O–H groups in total. The van der Waals surface area contributed by atoms with Crippen LogP contribution in [0.3, 0.4) is 0 Å². The molecule has 31 heavy (non-hydrogen) atoms. The first-order chi connectivity index (χ1) is 14.9. The minimum absolute atomic E-state index is 0.238. The summed E-state index contributed by atoms with van der Waals surface area (Å²) in [5.41, 5.74) is 2.22. The molecule has 0 unspecified atom stereocenters. The molecule has 7 nitrogen and oxygen atoms in total. The van der Waals surface area contributed by atoms with Gasteiger partial charge in [-0.25, -0.2) is 0 Å². The second-order valence-corrected chi connectivity index (χ2v) is 8.03. The highest BCUT2D eigenvalue weighted by atomic mass is 16.5. The van der Waals surface area contributed by atoms with Crippen molar-refractivity contribution in [1.29, 1.82) is 0 Å². The zero-order chi connectivity index (χ0) is 22.4. The van der Waals surface area contributed by atoms with E-state index in [0.29, 0.717) is 35.1 Å². The maximum Gasteiger partial charge on any atom is 0.259 e. The predicted octanol–water partition coefficient (Wildman–Crippen LogP) is 3.65. The number of hydrogen-bond donors (Lipinski definition) is 1. The van der Waals surface area contributed by atoms with Gasteiger partial charge in [-0.15, -0.1) is 0 Å². The van der Waals surface area contributed by atoms with Gasteiger partial charge in [0.15, 0.2) is 0 Å². The van der Waals surface area contributed by atoms with Crippen molar-refractivity contribution < 1.29 is 19.1 Å². The van der Waals surface area contributed by atoms with Crippen LogP contribution in [0.25, 0.3) is 0 Å². The summed E-state index contributed by atoms with van der Waals surface area (Å²) in [4.78, 5) is 29.1. The highest BCUT2D eigenvalue weighted by Gasteiger charge is 2.22. The van der Waals surface area contributed by atoms with E-state index < -0.39 is 0 Å². The second kappa shape index (κ2) is 10.2. The number of carbonyl (C=O) groups is 2. The average molecular weight is 426 g/mol. The highest BCUT2D eigenvalue weighted by Crippen LogP contribution is 2.26. The Morgan fingerprint density at radius 3 is 2.23 bits per heavy atom. The molecule has 166 valence electrons. The molecule has 7 heteroatoms. The summed E-state index contributed by atoms with van der Waals surface area (Å²) in [6, 6.07) is 12.9. The van der Waals surface area contributed by atoms with Crippen LogP contribution in [0.2, 0.25) is 0 Å². The van der Waals surface area contributed by atoms with E-state index in [1.54, 1.807) is 25.3 Å². The molecule has 1 heterocycles. The topological polar surface area (TPSA) is 71.1 Å². The van der Waals surface area contributed by atoms with Crippen molar-refractivity contribution in [2.75, 3.05) is 50.6 Å². The Balaban J connectivity index is 1.59. The Kier molecular flexibility index (Phi) is 7.39. The molecule has 1 aliphatic heterocycles. The fraction of sp³-hybridized carbons (Fsp3) is 0.417. The van der Waals surface area contributed by atoms with Crippen molar-refractivity contribution in [2.45, 2.75) is 20.3 Å². The number of ether oxygens (including phenoxy) is 2. The summed E-state index contributed by atoms with van der Waals surface area (Å²) in [6.45, 7) is 7.22. The van der Waals surface area contributed by atoms with E-state index in [4.69, 9.17) is 9.47 Å². The number of piperazine rings is 1. The Morgan fingerprint density at radius 1 is 0.968 bits per heavy atom. The van der Waals surface area contributed by atoms with Crippen LogP contribution in [0.4, 0.5) is 11.4 Å². The smallest absolute Gasteiger partial charge is 0.259 e. The van der Waals surface area contributed by atoms with Crippen molar-refractivity contribution in [2.24, 2.45) is 5.92 Å². The van der Waals surface area contributed by atoms with Crippen molar-refractivity contribution in [3.8, 4) is 11.5 Å². The van der Waals surface area contributed by atoms with E-state index in [9.17, 15) is 9.59 Å². The van der Waals surface area contributed by atoms with E-state index >= 15 is 0 Å². The summed E-state index contributed by atoms with van der Waals surface area (Å²) in [5.74, 6) is 1.46. The fourth-order valence-corrected chi connectivity index (χ4v) is 3.63. The third-order valence-electron chi connectivity index (χ3n) is 5.36. The number of nitrogens with zero attached hydrogens (tertiary/aromatic N) is 2. The van der Waals surface area contributed by atoms with Gasteiger partial charge in [0.05, 0.1) is 19.8 Å². The Hall–Kier alpha value is -3.22. The van der Waals surface area contributed by atoms with Gasteiger partial charge in [0.25, 0.3) is 5.91 Å². The zero-order valence-electron chi connectivity index (χ0n) is 18.7. The Labute approximate surface area is 183 Å². The third-order valence-corrected chi connectivity index (χ3v) is 5.36. The number of rotatable bonds is 7. The van der Waals surface area contributed by atoms with Crippen molar-refractivity contribution in [1.82, 2.24) is 4.90 Å². The first-order valence-electron chi connectivity index (χ1n) is 10.6. The molecular formula is C24H31N3O4. The molecular weight excluding hydrogens is 394 g/mol. The normalized spacial score (nSPS) is 13.8. The lowest BCUT2D eigenvalue weighted by Crippen LogP contribution is -2.49. The van der Waals surface area contributed by atoms with E-state index in [-0.39, 0.29) is 11.8 Å². The van der Waals surface area contributed by atoms with Crippen LogP contribution >= 0.6 is 0 Å². The van der Waals surface area contributed by atoms with Gasteiger partial charge in [-0.2, -0.15) is 0 Å². The molecule has 1 fully saturated rings. The van der Waals surface area contributed by atoms with Gasteiger partial charge < -0.3 is 24.6 Å². The van der Waals surface area contributed by atoms with E-state index in [1.165, 1.54) is 7.11 Å². The molecule has 2 aromatic carbocycles. The van der Waals surface area contributed by atoms with Gasteiger partial charge in [0.1, 0.15) is 11.5 Å². The van der Waals surface area contributed by atoms with Crippen LogP contribution in [0, 0.1) is 5.92 Å². The van der Waals surface area contributed by atoms with Gasteiger partial charge >= 0.3 is 0 Å². The second-order valence-electron chi connectivity index (χ2n) is 8.03. The molecule has 0 aromatic heterocycles. The van der Waals surface area contributed by atoms with Gasteiger partial charge in [0, 0.05) is 50.0 Å². The lowest BCUT2D eigenvalue weighted by atomic mass is 10.1. The molecule has 3 rings (SSSR count). The predicted molar refractivity (Wildman–Crippen MR) is 122 cm³/mol. The first-order valence-corrected chi connectivity index (χ1v) is 10.6. The van der Waals surface area contributed by atoms with Crippen LogP contribution in [-0.4, -0.2) is 57.1 Å². The summed E-state index contributed by atoms with van der Waals surface area (Å²) in [7, 11) is 3.09. The average Bonchev–Trinajstić information content (AvgIpc) is 2.78. The molecule has 0 bridgehead atoms. The number of carbonyl (C=O) groups excluding carboxylic acids is 2. The number of hydrogen-bond acceptors (Lipinski definition) is 5. The number of amides is 2. The molecule has 2 aromatic rings. The molecule has 1 saturated heterocycles. The standard InChI is InChI=1S/C24H31N3O4/c1-17(2)15-23(28)27-13-11-26(12-14-27)19-7-5-18(6-8-19)25-24(29)21-10-9-20(30-3)16-22(21)31-4/h5-10,16-17H,11-15H2,1-4H3,(H,25,29). The van der Waals surface area contributed by atoms with Crippen LogP contribution in [0.1, 0.15) is 30.6 Å². The van der Waals surface area contributed by atoms with E-state index in [2.05, 4.69) is 24.1 Å². The highest BCUT2D eigenvalue weighted by molar-refractivity contribution is 6.06. The summed E-state index contributed by atoms with van der Waals surface area (Å²) in [5, 5.41) is 2.91. The summed E-state index contributed by atoms with van der Waals surface area (Å²) in [6.07, 6.45) is 0.605. The maximum absolute atomic E-state index is 12.7. The van der Waals surface area contributed by atoms with Crippen molar-refractivity contribution in [3.05, 3.63) is 48.0 Å². The molecule has 0 aliphatic carbocycles. The van der Waals surface area contributed by atoms with Gasteiger partial charge in [-0.1, -0.05) is 13.8 Å². The lowest BCUT2D eigenvalue weighted by molar-refractivity contribution is -0.132. The largest absolute Gasteiger partial charge is 0.497 e. The number of benzene rings is 2. The molecule has 2 amide bonds. The monoisotopic (exact) mass is 425 g/mol. The van der Waals surface area contributed by atoms with Crippen LogP contribution in [0.5, 0.6) is 11.5 Å². The molecule has 0 saturated carbocycles. The van der Waals surface area contributed by atoms with Gasteiger partial charge in [0.2, 0.25) is 5.91 Å². The zero-order valence-corrected chi connectivity index (χ0v) is 18.7. The van der Waals surface area contributed by atoms with Crippen LogP contribution in [0.15, 0.2) is 42.5 Å². The first kappa shape index (κ1) is 22.5. The Bertz CT molecular complexity index is 904. The number of methoxy groups -OCH3 is 2. The summed E-state index contributed by atoms with van der Waals surface area (Å²) >= 11 is 0. The van der Waals surface area contributed by atoms with Crippen molar-refractivity contribution >= 4 is 23.2 Å². The quantitative estimate of drug-likeness (QED) is 0.733. The number of anilines is 2. The fourth-order valence-electron chi connectivity index (χ4n) is 3.63. The van der Waals surface area contributed by atoms with E-state index in [0.717, 1.165) is 31.9 Å². The maximum atomic E-state index is 12.7. The van der Waals surface area contributed by atoms with Gasteiger partial charge in [-0.3, -0.25) is 9.59 Å². The van der Waals surface area contributed by atoms with Gasteiger partial charge in [-0.05, 0) is 42.3 Å². The van der Waals surface area contributed by atoms with Crippen molar-refractivity contribution in [3.63, 3.8) is 0 Å². The minimum atomic E-state index is -0.246. The van der Waals surface area contributed by atoms with Crippen LogP contribution < -0.4 is 19.7 Å². The molecule has 0 radical (unpaired) electrons. The van der Waals surface area contributed by atoms with Crippen LogP contribution in [-0.2, 0) is 4.79 Å². The minimum Gasteiger partial charge on any atom is -0.497 e. The molecule has 0 spiro atoms. The molecule has 0 atom stereocenters. The summed E-state index contributed by atoms with van der Waals surface area (Å²) < 4.78 is 10.5. The Morgan fingerprint density at radius 2 is 1.65 bits per heavy atom. The third kappa shape index (κ3) is 5.69. The SMILES string of the molecule is COc1ccc(C(=O)Nc2ccc(N3CCN(C(=O)CC(C)C)CC3)cc2)c(OC)c1. The lowest BCUT2D eigenvalue weighted by Gasteiger charge is -2.36.